The first-order chi connectivity index (χ1) is 7.18. The fraction of sp³-hybridized carbons (Fsp3) is 0.143. The van der Waals surface area contributed by atoms with Gasteiger partial charge in [0.2, 0.25) is 0 Å². The van der Waals surface area contributed by atoms with Crippen molar-refractivity contribution in [2.24, 2.45) is 0 Å². The van der Waals surface area contributed by atoms with Crippen LogP contribution in [0.3, 0.4) is 0 Å². The molecule has 0 aliphatic carbocycles. The summed E-state index contributed by atoms with van der Waals surface area (Å²) in [5, 5.41) is 6.40. The molecule has 15 heavy (non-hydrogen) atoms. The summed E-state index contributed by atoms with van der Waals surface area (Å²) in [5.74, 6) is 0. The van der Waals surface area contributed by atoms with Crippen LogP contribution in [0.15, 0.2) is 29.8 Å². The lowest BCUT2D eigenvalue weighted by molar-refractivity contribution is 0.577. The molecule has 0 atom stereocenters. The monoisotopic (exact) mass is 227 g/mol. The van der Waals surface area contributed by atoms with E-state index in [9.17, 15) is 8.42 Å². The second kappa shape index (κ2) is 3.83. The van der Waals surface area contributed by atoms with Crippen molar-refractivity contribution in [3.63, 3.8) is 0 Å². The third-order valence-corrected chi connectivity index (χ3v) is 3.10. The van der Waals surface area contributed by atoms with Gasteiger partial charge < -0.3 is 4.98 Å². The Morgan fingerprint density at radius 3 is 2.93 bits per heavy atom. The van der Waals surface area contributed by atoms with Gasteiger partial charge in [0, 0.05) is 6.20 Å². The van der Waals surface area contributed by atoms with Crippen LogP contribution in [0.4, 0.5) is 0 Å². The first kappa shape index (κ1) is 9.87. The smallest absolute Gasteiger partial charge is 0.257 e. The standard InChI is InChI=1S/C7H9N5O2S/c13-15(14,7-4-8-5-9-7)11-3-6-1-2-10-12-6/h1-2,4-5,11H,3H2,(H,8,9)(H,10,12). The van der Waals surface area contributed by atoms with Crippen molar-refractivity contribution in [1.29, 1.82) is 0 Å². The van der Waals surface area contributed by atoms with Crippen molar-refractivity contribution < 1.29 is 8.42 Å². The molecule has 0 unspecified atom stereocenters. The number of rotatable bonds is 4. The summed E-state index contributed by atoms with van der Waals surface area (Å²) in [5.41, 5.74) is 0.693. The van der Waals surface area contributed by atoms with Crippen LogP contribution in [0.1, 0.15) is 5.69 Å². The summed E-state index contributed by atoms with van der Waals surface area (Å²) in [6.45, 7) is 0.168. The fourth-order valence-electron chi connectivity index (χ4n) is 1.02. The maximum Gasteiger partial charge on any atom is 0.257 e. The van der Waals surface area contributed by atoms with E-state index in [0.717, 1.165) is 0 Å². The van der Waals surface area contributed by atoms with Crippen molar-refractivity contribution in [3.8, 4) is 0 Å². The Balaban J connectivity index is 2.06. The number of nitrogens with zero attached hydrogens (tertiary/aromatic N) is 2. The number of imidazole rings is 1. The maximum absolute atomic E-state index is 11.6. The van der Waals surface area contributed by atoms with E-state index in [1.54, 1.807) is 12.3 Å². The highest BCUT2D eigenvalue weighted by Crippen LogP contribution is 2.02. The van der Waals surface area contributed by atoms with E-state index >= 15 is 0 Å². The van der Waals surface area contributed by atoms with Gasteiger partial charge in [0.1, 0.15) is 0 Å². The van der Waals surface area contributed by atoms with Crippen molar-refractivity contribution in [3.05, 3.63) is 30.5 Å². The third-order valence-electron chi connectivity index (χ3n) is 1.77. The number of hydrogen-bond acceptors (Lipinski definition) is 4. The Bertz CT molecular complexity index is 502. The Hall–Kier alpha value is -1.67. The molecule has 0 aliphatic rings. The van der Waals surface area contributed by atoms with Crippen molar-refractivity contribution in [1.82, 2.24) is 24.9 Å². The number of sulfonamides is 1. The quantitative estimate of drug-likeness (QED) is 0.661. The summed E-state index contributed by atoms with van der Waals surface area (Å²) in [7, 11) is -3.51. The van der Waals surface area contributed by atoms with Crippen LogP contribution in [-0.2, 0) is 16.6 Å². The van der Waals surface area contributed by atoms with Crippen LogP contribution >= 0.6 is 0 Å². The van der Waals surface area contributed by atoms with E-state index in [4.69, 9.17) is 0 Å². The largest absolute Gasteiger partial charge is 0.335 e. The minimum atomic E-state index is -3.51. The van der Waals surface area contributed by atoms with E-state index in [2.05, 4.69) is 24.9 Å². The molecule has 0 radical (unpaired) electrons. The van der Waals surface area contributed by atoms with Crippen molar-refractivity contribution in [2.45, 2.75) is 11.6 Å². The van der Waals surface area contributed by atoms with Gasteiger partial charge in [0.25, 0.3) is 10.0 Å². The molecule has 0 bridgehead atoms. The minimum absolute atomic E-state index is 0.0435. The lowest BCUT2D eigenvalue weighted by atomic mass is 10.4. The number of H-pyrrole nitrogens is 2. The molecule has 0 spiro atoms. The predicted octanol–water partition coefficient (Wildman–Crippen LogP) is -0.389. The van der Waals surface area contributed by atoms with Gasteiger partial charge in [0.15, 0.2) is 5.03 Å². The molecule has 80 valence electrons. The van der Waals surface area contributed by atoms with Gasteiger partial charge in [-0.2, -0.15) is 5.10 Å². The van der Waals surface area contributed by atoms with Crippen LogP contribution < -0.4 is 4.72 Å². The predicted molar refractivity (Wildman–Crippen MR) is 51.2 cm³/mol. The van der Waals surface area contributed by atoms with Crippen LogP contribution in [-0.4, -0.2) is 28.6 Å². The average Bonchev–Trinajstić information content (AvgIpc) is 2.88. The molecule has 2 heterocycles. The Morgan fingerprint density at radius 1 is 1.47 bits per heavy atom. The molecule has 0 saturated carbocycles. The Kier molecular flexibility index (Phi) is 2.52. The molecule has 7 nitrogen and oxygen atoms in total. The zero-order valence-corrected chi connectivity index (χ0v) is 8.45. The summed E-state index contributed by atoms with van der Waals surface area (Å²) in [4.78, 5) is 6.16. The van der Waals surface area contributed by atoms with Gasteiger partial charge in [-0.05, 0) is 6.07 Å². The van der Waals surface area contributed by atoms with Crippen molar-refractivity contribution >= 4 is 10.0 Å². The average molecular weight is 227 g/mol. The second-order valence-electron chi connectivity index (χ2n) is 2.82. The topological polar surface area (TPSA) is 104 Å². The molecule has 2 aromatic rings. The molecule has 2 rings (SSSR count). The maximum atomic E-state index is 11.6. The summed E-state index contributed by atoms with van der Waals surface area (Å²) in [6.07, 6.45) is 4.11. The van der Waals surface area contributed by atoms with Gasteiger partial charge in [0.05, 0.1) is 24.8 Å². The normalized spacial score (nSPS) is 11.7. The lowest BCUT2D eigenvalue weighted by Crippen LogP contribution is -2.23. The van der Waals surface area contributed by atoms with Gasteiger partial charge in [-0.1, -0.05) is 0 Å². The van der Waals surface area contributed by atoms with Gasteiger partial charge >= 0.3 is 0 Å². The molecular weight excluding hydrogens is 218 g/mol. The van der Waals surface area contributed by atoms with Gasteiger partial charge in [-0.3, -0.25) is 5.10 Å². The summed E-state index contributed by atoms with van der Waals surface area (Å²) in [6, 6.07) is 1.69. The highest BCUT2D eigenvalue weighted by molar-refractivity contribution is 7.89. The number of nitrogens with one attached hydrogen (secondary N) is 3. The van der Waals surface area contributed by atoms with E-state index in [-0.39, 0.29) is 11.6 Å². The number of hydrogen-bond donors (Lipinski definition) is 3. The van der Waals surface area contributed by atoms with E-state index in [1.807, 2.05) is 0 Å². The molecular formula is C7H9N5O2S. The van der Waals surface area contributed by atoms with E-state index < -0.39 is 10.0 Å². The van der Waals surface area contributed by atoms with Crippen LogP contribution in [0.2, 0.25) is 0 Å². The van der Waals surface area contributed by atoms with Crippen molar-refractivity contribution in [2.75, 3.05) is 0 Å². The summed E-state index contributed by atoms with van der Waals surface area (Å²) < 4.78 is 25.5. The molecule has 0 saturated heterocycles. The Labute approximate surface area is 86.0 Å². The number of aromatic nitrogens is 4. The molecule has 2 aromatic heterocycles. The van der Waals surface area contributed by atoms with Gasteiger partial charge in [-0.15, -0.1) is 0 Å². The van der Waals surface area contributed by atoms with E-state index in [1.165, 1.54) is 12.5 Å². The van der Waals surface area contributed by atoms with Crippen LogP contribution in [0, 0.1) is 0 Å². The first-order valence-corrected chi connectivity index (χ1v) is 5.63. The molecule has 3 N–H and O–H groups in total. The molecule has 8 heteroatoms. The highest BCUT2D eigenvalue weighted by atomic mass is 32.2. The molecule has 0 amide bonds. The second-order valence-corrected chi connectivity index (χ2v) is 4.56. The van der Waals surface area contributed by atoms with Crippen LogP contribution in [0.25, 0.3) is 0 Å². The summed E-state index contributed by atoms with van der Waals surface area (Å²) >= 11 is 0. The van der Waals surface area contributed by atoms with Gasteiger partial charge in [-0.25, -0.2) is 18.1 Å². The first-order valence-electron chi connectivity index (χ1n) is 4.15. The zero-order chi connectivity index (χ0) is 10.7. The SMILES string of the molecule is O=S(=O)(NCc1ccn[nH]1)c1cnc[nH]1. The molecule has 0 aliphatic heterocycles. The van der Waals surface area contributed by atoms with Crippen LogP contribution in [0.5, 0.6) is 0 Å². The van der Waals surface area contributed by atoms with E-state index in [0.29, 0.717) is 5.69 Å². The minimum Gasteiger partial charge on any atom is -0.335 e. The fourth-order valence-corrected chi connectivity index (χ4v) is 1.93. The Morgan fingerprint density at radius 2 is 2.33 bits per heavy atom. The zero-order valence-electron chi connectivity index (χ0n) is 7.64. The lowest BCUT2D eigenvalue weighted by Gasteiger charge is -2.01. The third kappa shape index (κ3) is 2.22. The molecule has 0 aromatic carbocycles. The molecule has 0 fully saturated rings. The highest BCUT2D eigenvalue weighted by Gasteiger charge is 2.14. The number of aromatic amines is 2.